The number of fused-ring (bicyclic) bond motifs is 3. The van der Waals surface area contributed by atoms with Crippen molar-refractivity contribution in [2.45, 2.75) is 44.8 Å². The predicted molar refractivity (Wildman–Crippen MR) is 135 cm³/mol. The van der Waals surface area contributed by atoms with Crippen molar-refractivity contribution < 1.29 is 9.21 Å². The number of nitrogens with two attached hydrogens (primary N) is 1. The SMILES string of the molecule is CC(C)(C)N1C[C@@H]2C[C@H]1CN2c1ccc(Nc2ncc(-c3coc(C(N)=O)c3)n3ccnc23)cc1. The zero-order chi connectivity index (χ0) is 24.3. The third kappa shape index (κ3) is 3.72. The topological polar surface area (TPSA) is 105 Å². The first-order valence-electron chi connectivity index (χ1n) is 11.9. The van der Waals surface area contributed by atoms with Crippen LogP contribution in [0.4, 0.5) is 17.2 Å². The number of nitrogens with one attached hydrogen (secondary N) is 1. The van der Waals surface area contributed by atoms with Crippen LogP contribution in [0.25, 0.3) is 16.9 Å². The van der Waals surface area contributed by atoms with Crippen LogP contribution in [0.2, 0.25) is 0 Å². The van der Waals surface area contributed by atoms with Gasteiger partial charge in [0.2, 0.25) is 0 Å². The highest BCUT2D eigenvalue weighted by Crippen LogP contribution is 2.38. The molecule has 2 aliphatic rings. The number of piperazine rings is 1. The Kier molecular flexibility index (Phi) is 4.86. The Morgan fingerprint density at radius 1 is 1.14 bits per heavy atom. The lowest BCUT2D eigenvalue weighted by Gasteiger charge is -2.42. The van der Waals surface area contributed by atoms with Gasteiger partial charge in [-0.05, 0) is 57.5 Å². The maximum Gasteiger partial charge on any atom is 0.284 e. The van der Waals surface area contributed by atoms with E-state index in [-0.39, 0.29) is 11.3 Å². The minimum absolute atomic E-state index is 0.105. The van der Waals surface area contributed by atoms with Crippen LogP contribution in [-0.2, 0) is 0 Å². The highest BCUT2D eigenvalue weighted by molar-refractivity contribution is 5.91. The first-order valence-corrected chi connectivity index (χ1v) is 11.9. The fourth-order valence-corrected chi connectivity index (χ4v) is 5.50. The number of rotatable bonds is 5. The van der Waals surface area contributed by atoms with E-state index in [1.165, 1.54) is 18.4 Å². The number of carbonyl (C=O) groups excluding carboxylic acids is 1. The molecule has 2 bridgehead atoms. The van der Waals surface area contributed by atoms with Gasteiger partial charge in [-0.1, -0.05) is 0 Å². The second kappa shape index (κ2) is 7.84. The first-order chi connectivity index (χ1) is 16.8. The Morgan fingerprint density at radius 2 is 1.94 bits per heavy atom. The molecule has 9 heteroatoms. The summed E-state index contributed by atoms with van der Waals surface area (Å²) >= 11 is 0. The van der Waals surface area contributed by atoms with Gasteiger partial charge in [-0.15, -0.1) is 0 Å². The zero-order valence-corrected chi connectivity index (χ0v) is 20.1. The van der Waals surface area contributed by atoms with Crippen LogP contribution in [0.5, 0.6) is 0 Å². The zero-order valence-electron chi connectivity index (χ0n) is 20.1. The molecule has 0 unspecified atom stereocenters. The fourth-order valence-electron chi connectivity index (χ4n) is 5.50. The summed E-state index contributed by atoms with van der Waals surface area (Å²) in [5.74, 6) is 0.139. The molecule has 2 fully saturated rings. The van der Waals surface area contributed by atoms with Gasteiger partial charge in [-0.25, -0.2) is 9.97 Å². The maximum atomic E-state index is 11.4. The van der Waals surface area contributed by atoms with E-state index in [2.05, 4.69) is 70.1 Å². The molecule has 4 aromatic rings. The molecule has 1 amide bonds. The molecular formula is C26H29N7O2. The molecule has 9 nitrogen and oxygen atoms in total. The molecule has 2 saturated heterocycles. The maximum absolute atomic E-state index is 11.4. The highest BCUT2D eigenvalue weighted by atomic mass is 16.3. The van der Waals surface area contributed by atoms with Gasteiger partial charge < -0.3 is 20.4 Å². The normalized spacial score (nSPS) is 20.1. The van der Waals surface area contributed by atoms with Crippen LogP contribution in [-0.4, -0.2) is 55.9 Å². The van der Waals surface area contributed by atoms with Gasteiger partial charge in [-0.2, -0.15) is 0 Å². The Hall–Kier alpha value is -3.85. The minimum atomic E-state index is -0.610. The Labute approximate surface area is 203 Å². The average molecular weight is 472 g/mol. The van der Waals surface area contributed by atoms with E-state index in [4.69, 9.17) is 10.2 Å². The molecule has 0 radical (unpaired) electrons. The largest absolute Gasteiger partial charge is 0.458 e. The van der Waals surface area contributed by atoms with Crippen molar-refractivity contribution in [3.8, 4) is 11.3 Å². The molecule has 35 heavy (non-hydrogen) atoms. The quantitative estimate of drug-likeness (QED) is 0.455. The van der Waals surface area contributed by atoms with Crippen LogP contribution >= 0.6 is 0 Å². The van der Waals surface area contributed by atoms with Crippen molar-refractivity contribution in [2.24, 2.45) is 5.73 Å². The Bertz CT molecular complexity index is 1400. The van der Waals surface area contributed by atoms with Crippen molar-refractivity contribution in [2.75, 3.05) is 23.3 Å². The van der Waals surface area contributed by atoms with Crippen LogP contribution in [0, 0.1) is 0 Å². The molecular weight excluding hydrogens is 442 g/mol. The van der Waals surface area contributed by atoms with E-state index in [1.54, 1.807) is 18.5 Å². The number of hydrogen-bond donors (Lipinski definition) is 2. The van der Waals surface area contributed by atoms with Crippen molar-refractivity contribution in [3.63, 3.8) is 0 Å². The van der Waals surface area contributed by atoms with E-state index in [0.29, 0.717) is 29.1 Å². The lowest BCUT2D eigenvalue weighted by molar-refractivity contribution is 0.0974. The number of nitrogens with zero attached hydrogens (tertiary/aromatic N) is 5. The lowest BCUT2D eigenvalue weighted by Crippen LogP contribution is -2.53. The summed E-state index contributed by atoms with van der Waals surface area (Å²) in [5, 5.41) is 3.40. The number of furan rings is 1. The van der Waals surface area contributed by atoms with E-state index in [9.17, 15) is 4.79 Å². The molecule has 0 spiro atoms. The number of benzene rings is 1. The van der Waals surface area contributed by atoms with Crippen LogP contribution in [0.1, 0.15) is 37.7 Å². The summed E-state index contributed by atoms with van der Waals surface area (Å²) in [7, 11) is 0. The summed E-state index contributed by atoms with van der Waals surface area (Å²) in [5.41, 5.74) is 9.87. The van der Waals surface area contributed by atoms with Gasteiger partial charge in [0.15, 0.2) is 17.2 Å². The van der Waals surface area contributed by atoms with Crippen LogP contribution in [0.3, 0.4) is 0 Å². The Morgan fingerprint density at radius 3 is 2.60 bits per heavy atom. The monoisotopic (exact) mass is 471 g/mol. The number of hydrogen-bond acceptors (Lipinski definition) is 7. The third-order valence-electron chi connectivity index (χ3n) is 7.13. The molecule has 1 aromatic carbocycles. The number of imidazole rings is 1. The number of carbonyl (C=O) groups is 1. The van der Waals surface area contributed by atoms with Crippen LogP contribution < -0.4 is 16.0 Å². The average Bonchev–Trinajstić information content (AvgIpc) is 3.62. The van der Waals surface area contributed by atoms with Crippen molar-refractivity contribution in [1.29, 1.82) is 0 Å². The number of anilines is 3. The molecule has 0 saturated carbocycles. The van der Waals surface area contributed by atoms with E-state index < -0.39 is 5.91 Å². The van der Waals surface area contributed by atoms with Gasteiger partial charge in [0.1, 0.15) is 6.26 Å². The van der Waals surface area contributed by atoms with E-state index in [1.807, 2.05) is 10.6 Å². The van der Waals surface area contributed by atoms with Crippen molar-refractivity contribution in [1.82, 2.24) is 19.3 Å². The number of likely N-dealkylation sites (tertiary alicyclic amines) is 1. The van der Waals surface area contributed by atoms with Gasteiger partial charge in [-0.3, -0.25) is 14.1 Å². The molecule has 2 aliphatic heterocycles. The number of aromatic nitrogens is 3. The molecule has 2 atom stereocenters. The van der Waals surface area contributed by atoms with Gasteiger partial charge in [0.25, 0.3) is 5.91 Å². The van der Waals surface area contributed by atoms with Gasteiger partial charge in [0, 0.05) is 60.0 Å². The van der Waals surface area contributed by atoms with Gasteiger partial charge >= 0.3 is 0 Å². The second-order valence-electron chi connectivity index (χ2n) is 10.4. The molecule has 180 valence electrons. The molecule has 3 aromatic heterocycles. The van der Waals surface area contributed by atoms with Crippen molar-refractivity contribution >= 4 is 28.7 Å². The first kappa shape index (κ1) is 21.7. The summed E-state index contributed by atoms with van der Waals surface area (Å²) in [6.07, 6.45) is 8.02. The minimum Gasteiger partial charge on any atom is -0.458 e. The molecule has 0 aliphatic carbocycles. The Balaban J connectivity index is 1.20. The van der Waals surface area contributed by atoms with E-state index >= 15 is 0 Å². The number of amides is 1. The molecule has 6 rings (SSSR count). The molecule has 5 heterocycles. The summed E-state index contributed by atoms with van der Waals surface area (Å²) < 4.78 is 7.17. The summed E-state index contributed by atoms with van der Waals surface area (Å²) in [6.45, 7) is 9.13. The number of primary amides is 1. The smallest absolute Gasteiger partial charge is 0.284 e. The standard InChI is InChI=1S/C26H29N7O2/c1-26(2,3)33-14-19-11-20(33)13-32(19)18-6-4-17(5-7-18)30-24-25-28-8-9-31(25)21(12-29-24)16-10-22(23(27)34)35-15-16/h4-10,12,15,19-20H,11,13-14H2,1-3H3,(H2,27,34)(H,29,30)/t19-,20-/m0/s1. The van der Waals surface area contributed by atoms with Crippen molar-refractivity contribution in [3.05, 3.63) is 60.9 Å². The lowest BCUT2D eigenvalue weighted by atomic mass is 10.0. The molecule has 3 N–H and O–H groups in total. The second-order valence-corrected chi connectivity index (χ2v) is 10.4. The van der Waals surface area contributed by atoms with E-state index in [0.717, 1.165) is 24.5 Å². The van der Waals surface area contributed by atoms with Gasteiger partial charge in [0.05, 0.1) is 11.9 Å². The highest BCUT2D eigenvalue weighted by Gasteiger charge is 2.46. The third-order valence-corrected chi connectivity index (χ3v) is 7.13. The van der Waals surface area contributed by atoms with Crippen LogP contribution in [0.15, 0.2) is 59.6 Å². The summed E-state index contributed by atoms with van der Waals surface area (Å²) in [6, 6.07) is 11.4. The fraction of sp³-hybridized carbons (Fsp3) is 0.346. The predicted octanol–water partition coefficient (Wildman–Crippen LogP) is 3.89. The summed E-state index contributed by atoms with van der Waals surface area (Å²) in [4.78, 5) is 25.7.